The van der Waals surface area contributed by atoms with Crippen LogP contribution in [-0.4, -0.2) is 0 Å². The molecule has 0 spiro atoms. The summed E-state index contributed by atoms with van der Waals surface area (Å²) in [6.45, 7) is 7.81. The van der Waals surface area contributed by atoms with Gasteiger partial charge in [-0.2, -0.15) is 0 Å². The van der Waals surface area contributed by atoms with Crippen LogP contribution in [0.5, 0.6) is 23.0 Å². The van der Waals surface area contributed by atoms with Crippen LogP contribution in [0, 0.1) is 11.6 Å². The van der Waals surface area contributed by atoms with Crippen LogP contribution in [0.25, 0.3) is 56.3 Å². The van der Waals surface area contributed by atoms with Gasteiger partial charge in [-0.1, -0.05) is 189 Å². The molecule has 2 aliphatic carbocycles. The Balaban J connectivity index is 0.961. The van der Waals surface area contributed by atoms with Crippen LogP contribution in [0.4, 0.5) is 25.8 Å². The molecule has 0 N–H and O–H groups in total. The van der Waals surface area contributed by atoms with Gasteiger partial charge in [-0.15, -0.1) is 0 Å². The first-order chi connectivity index (χ1) is 41.3. The molecule has 0 saturated heterocycles. The second-order valence-corrected chi connectivity index (χ2v) is 21.5. The fourth-order valence-corrected chi connectivity index (χ4v) is 13.3. The zero-order chi connectivity index (χ0) is 56.5. The third-order valence-corrected chi connectivity index (χ3v) is 17.0. The van der Waals surface area contributed by atoms with E-state index >= 15 is 8.78 Å². The minimum Gasteiger partial charge on any atom is -0.457 e. The lowest BCUT2D eigenvalue weighted by molar-refractivity contribution is 0.482. The molecule has 13 aromatic rings. The number of fused-ring (bicyclic) bond motifs is 9. The summed E-state index contributed by atoms with van der Waals surface area (Å²) in [5.41, 5.74) is 15.6. The van der Waals surface area contributed by atoms with E-state index in [2.05, 4.69) is 152 Å². The largest absolute Gasteiger partial charge is 0.457 e. The molecular weight excluding hydrogens is 1040 g/mol. The molecule has 0 aliphatic heterocycles. The zero-order valence-corrected chi connectivity index (χ0v) is 45.5. The molecule has 6 heteroatoms. The molecule has 1 heterocycles. The van der Waals surface area contributed by atoms with Gasteiger partial charge in [0.15, 0.2) is 5.58 Å². The van der Waals surface area contributed by atoms with Crippen molar-refractivity contribution in [2.45, 2.75) is 10.8 Å². The van der Waals surface area contributed by atoms with Gasteiger partial charge >= 0.3 is 0 Å². The first kappa shape index (κ1) is 50.2. The van der Waals surface area contributed by atoms with Crippen LogP contribution in [0.1, 0.15) is 55.6 Å². The highest BCUT2D eigenvalue weighted by atomic mass is 19.1. The predicted octanol–water partition coefficient (Wildman–Crippen LogP) is 20.9. The molecule has 400 valence electrons. The Morgan fingerprint density at radius 2 is 0.774 bits per heavy atom. The van der Waals surface area contributed by atoms with E-state index in [-0.39, 0.29) is 11.6 Å². The van der Waals surface area contributed by atoms with Gasteiger partial charge in [0.05, 0.1) is 16.5 Å². The first-order valence-corrected chi connectivity index (χ1v) is 28.0. The Bertz CT molecular complexity index is 4490. The number of anilines is 3. The van der Waals surface area contributed by atoms with E-state index in [1.54, 1.807) is 36.4 Å². The normalized spacial score (nSPS) is 15.5. The average molecular weight is 1090 g/mol. The summed E-state index contributed by atoms with van der Waals surface area (Å²) in [4.78, 5) is 2.28. The number of rotatable bonds is 13. The lowest BCUT2D eigenvalue weighted by atomic mass is 9.67. The number of nitrogens with zero attached hydrogens (tertiary/aromatic N) is 1. The number of halogens is 2. The van der Waals surface area contributed by atoms with Crippen LogP contribution in [0.15, 0.2) is 291 Å². The fourth-order valence-electron chi connectivity index (χ4n) is 13.3. The SMILES string of the molecule is C=Cc1ccc(Oc2ccc(C3(c4cccc(F)c4)c4ccccc4-c4ccc(N(c5ccc6c(c5)C(c5ccc(Oc7ccc(C=C)cc7)cc5)(c5cccc(F)c5)c5ccccc5-6)c5cccc6c5oc5ccccc56)cc43)cc2)cc1. The van der Waals surface area contributed by atoms with Gasteiger partial charge in [0, 0.05) is 22.1 Å². The standard InChI is InChI=1S/C78H51F2NO3/c1-3-50-26-36-60(37-27-50)82-62-40-30-52(31-41-62)77(54-14-11-16-56(79)46-54)70-22-8-5-18-64(70)66-44-34-58(48-72(66)77)81(74-24-13-21-69-68-20-7-10-25-75(68)84-76(69)74)59-35-45-67-65-19-6-9-23-71(65)78(73(67)49-59,55-15-12-17-57(80)47-55)53-32-42-63(43-33-53)83-61-38-28-51(4-2)29-39-61/h3-49H,1-2H2. The molecule has 0 saturated carbocycles. The van der Waals surface area contributed by atoms with E-state index in [4.69, 9.17) is 13.9 Å². The second-order valence-electron chi connectivity index (χ2n) is 21.5. The maximum Gasteiger partial charge on any atom is 0.159 e. The van der Waals surface area contributed by atoms with E-state index in [1.165, 1.54) is 12.1 Å². The molecule has 4 nitrogen and oxygen atoms in total. The molecule has 0 fully saturated rings. The lowest BCUT2D eigenvalue weighted by Gasteiger charge is -2.36. The average Bonchev–Trinajstić information content (AvgIpc) is 1.64. The van der Waals surface area contributed by atoms with E-state index in [0.717, 1.165) is 111 Å². The predicted molar refractivity (Wildman–Crippen MR) is 336 cm³/mol. The van der Waals surface area contributed by atoms with Crippen LogP contribution in [0.2, 0.25) is 0 Å². The summed E-state index contributed by atoms with van der Waals surface area (Å²) >= 11 is 0. The van der Waals surface area contributed by atoms with Gasteiger partial charge in [0.25, 0.3) is 0 Å². The van der Waals surface area contributed by atoms with Crippen LogP contribution in [0.3, 0.4) is 0 Å². The summed E-state index contributed by atoms with van der Waals surface area (Å²) in [7, 11) is 0. The Morgan fingerprint density at radius 3 is 1.25 bits per heavy atom. The summed E-state index contributed by atoms with van der Waals surface area (Å²) in [6.07, 6.45) is 3.61. The zero-order valence-electron chi connectivity index (χ0n) is 45.5. The fraction of sp³-hybridized carbons (Fsp3) is 0.0256. The highest BCUT2D eigenvalue weighted by Crippen LogP contribution is 2.60. The Kier molecular flexibility index (Phi) is 12.0. The molecule has 2 unspecified atom stereocenters. The molecule has 2 aliphatic rings. The van der Waals surface area contributed by atoms with E-state index in [0.29, 0.717) is 28.6 Å². The van der Waals surface area contributed by atoms with Crippen molar-refractivity contribution in [1.29, 1.82) is 0 Å². The smallest absolute Gasteiger partial charge is 0.159 e. The lowest BCUT2D eigenvalue weighted by Crippen LogP contribution is -2.29. The van der Waals surface area contributed by atoms with Gasteiger partial charge in [-0.25, -0.2) is 8.78 Å². The molecule has 1 aromatic heterocycles. The number of furan rings is 1. The van der Waals surface area contributed by atoms with Crippen molar-refractivity contribution in [3.8, 4) is 45.3 Å². The highest BCUT2D eigenvalue weighted by molar-refractivity contribution is 6.10. The topological polar surface area (TPSA) is 34.8 Å². The molecule has 12 aromatic carbocycles. The third kappa shape index (κ3) is 7.94. The molecule has 84 heavy (non-hydrogen) atoms. The number of benzene rings is 12. The minimum atomic E-state index is -0.998. The van der Waals surface area contributed by atoms with Crippen molar-refractivity contribution < 1.29 is 22.7 Å². The molecule has 15 rings (SSSR count). The van der Waals surface area contributed by atoms with Crippen molar-refractivity contribution in [2.24, 2.45) is 0 Å². The van der Waals surface area contributed by atoms with Crippen LogP contribution in [-0.2, 0) is 10.8 Å². The van der Waals surface area contributed by atoms with Crippen molar-refractivity contribution in [2.75, 3.05) is 4.90 Å². The van der Waals surface area contributed by atoms with E-state index < -0.39 is 10.8 Å². The number of para-hydroxylation sites is 2. The Labute approximate surface area is 485 Å². The Morgan fingerprint density at radius 1 is 0.357 bits per heavy atom. The molecule has 0 bridgehead atoms. The van der Waals surface area contributed by atoms with Gasteiger partial charge < -0.3 is 18.8 Å². The number of hydrogen-bond donors (Lipinski definition) is 0. The highest BCUT2D eigenvalue weighted by Gasteiger charge is 2.49. The van der Waals surface area contributed by atoms with Gasteiger partial charge in [0.2, 0.25) is 0 Å². The molecular formula is C78H51F2NO3. The van der Waals surface area contributed by atoms with E-state index in [9.17, 15) is 0 Å². The molecule has 0 radical (unpaired) electrons. The summed E-state index contributed by atoms with van der Waals surface area (Å²) < 4.78 is 52.0. The molecule has 2 atom stereocenters. The summed E-state index contributed by atoms with van der Waals surface area (Å²) in [5, 5.41) is 1.97. The van der Waals surface area contributed by atoms with Gasteiger partial charge in [-0.05, 0) is 187 Å². The number of ether oxygens (including phenoxy) is 2. The van der Waals surface area contributed by atoms with Crippen molar-refractivity contribution in [3.05, 3.63) is 353 Å². The third-order valence-electron chi connectivity index (χ3n) is 17.0. The maximum atomic E-state index is 16.1. The van der Waals surface area contributed by atoms with Crippen LogP contribution >= 0.6 is 0 Å². The summed E-state index contributed by atoms with van der Waals surface area (Å²) in [6, 6.07) is 90.7. The maximum absolute atomic E-state index is 16.1. The monoisotopic (exact) mass is 1090 g/mol. The van der Waals surface area contributed by atoms with Crippen molar-refractivity contribution in [1.82, 2.24) is 0 Å². The van der Waals surface area contributed by atoms with Gasteiger partial charge in [0.1, 0.15) is 40.2 Å². The van der Waals surface area contributed by atoms with Crippen molar-refractivity contribution >= 4 is 51.2 Å². The Hall–Kier alpha value is -10.8. The first-order valence-electron chi connectivity index (χ1n) is 28.0. The quantitative estimate of drug-likeness (QED) is 0.115. The van der Waals surface area contributed by atoms with Crippen LogP contribution < -0.4 is 14.4 Å². The summed E-state index contributed by atoms with van der Waals surface area (Å²) in [5.74, 6) is 2.06. The van der Waals surface area contributed by atoms with E-state index in [1.807, 2.05) is 103 Å². The van der Waals surface area contributed by atoms with Gasteiger partial charge in [-0.3, -0.25) is 0 Å². The minimum absolute atomic E-state index is 0.336. The second kappa shape index (κ2) is 20.0. The number of hydrogen-bond acceptors (Lipinski definition) is 4. The van der Waals surface area contributed by atoms with Crippen molar-refractivity contribution in [3.63, 3.8) is 0 Å². The molecule has 0 amide bonds.